The number of hydrogen-bond acceptors (Lipinski definition) is 1. The SMILES string of the molecule is [AlH3].[CH2]CN(CC)CC. The van der Waals surface area contributed by atoms with E-state index in [2.05, 4.69) is 25.7 Å². The quantitative estimate of drug-likeness (QED) is 0.485. The van der Waals surface area contributed by atoms with Crippen LogP contribution in [0.15, 0.2) is 0 Å². The zero-order valence-corrected chi connectivity index (χ0v) is 5.28. The first-order valence-corrected chi connectivity index (χ1v) is 2.86. The van der Waals surface area contributed by atoms with E-state index in [4.69, 9.17) is 0 Å². The Morgan fingerprint density at radius 1 is 1.25 bits per heavy atom. The Morgan fingerprint density at radius 2 is 1.62 bits per heavy atom. The van der Waals surface area contributed by atoms with Crippen molar-refractivity contribution in [1.82, 2.24) is 4.90 Å². The van der Waals surface area contributed by atoms with Gasteiger partial charge in [0.05, 0.1) is 0 Å². The summed E-state index contributed by atoms with van der Waals surface area (Å²) in [6, 6.07) is 0. The summed E-state index contributed by atoms with van der Waals surface area (Å²) in [5.74, 6) is 0. The molecule has 0 saturated heterocycles. The highest BCUT2D eigenvalue weighted by molar-refractivity contribution is 5.75. The van der Waals surface area contributed by atoms with Crippen LogP contribution >= 0.6 is 0 Å². The third-order valence-corrected chi connectivity index (χ3v) is 1.21. The van der Waals surface area contributed by atoms with Crippen LogP contribution in [-0.2, 0) is 0 Å². The van der Waals surface area contributed by atoms with Crippen LogP contribution in [0.25, 0.3) is 0 Å². The first-order chi connectivity index (χ1) is 3.35. The molecule has 0 aliphatic heterocycles. The van der Waals surface area contributed by atoms with Gasteiger partial charge in [-0.1, -0.05) is 13.8 Å². The molecule has 0 aromatic carbocycles. The Labute approximate surface area is 63.2 Å². The topological polar surface area (TPSA) is 3.24 Å². The van der Waals surface area contributed by atoms with E-state index in [1.54, 1.807) is 0 Å². The van der Waals surface area contributed by atoms with Gasteiger partial charge in [-0.25, -0.2) is 0 Å². The fraction of sp³-hybridized carbons (Fsp3) is 0.833. The molecule has 0 aromatic heterocycles. The van der Waals surface area contributed by atoms with E-state index in [0.717, 1.165) is 19.6 Å². The lowest BCUT2D eigenvalue weighted by atomic mass is 10.5. The highest BCUT2D eigenvalue weighted by atomic mass is 27.0. The Bertz CT molecular complexity index is 30.0. The first-order valence-electron chi connectivity index (χ1n) is 2.86. The molecule has 0 rings (SSSR count). The van der Waals surface area contributed by atoms with Crippen LogP contribution in [0.4, 0.5) is 0 Å². The molecule has 2 heteroatoms. The molecule has 0 aliphatic carbocycles. The predicted molar refractivity (Wildman–Crippen MR) is 43.1 cm³/mol. The van der Waals surface area contributed by atoms with E-state index in [1.807, 2.05) is 0 Å². The Morgan fingerprint density at radius 3 is 1.62 bits per heavy atom. The van der Waals surface area contributed by atoms with Crippen molar-refractivity contribution in [3.63, 3.8) is 0 Å². The second-order valence-corrected chi connectivity index (χ2v) is 1.53. The smallest absolute Gasteiger partial charge is 0.187 e. The van der Waals surface area contributed by atoms with E-state index < -0.39 is 0 Å². The van der Waals surface area contributed by atoms with Gasteiger partial charge in [-0.2, -0.15) is 0 Å². The molecular formula is C6H17AlN. The third kappa shape index (κ3) is 4.65. The van der Waals surface area contributed by atoms with Crippen LogP contribution in [-0.4, -0.2) is 41.9 Å². The Hall–Kier alpha value is 0.492. The second-order valence-electron chi connectivity index (χ2n) is 1.53. The highest BCUT2D eigenvalue weighted by Gasteiger charge is 1.89. The minimum atomic E-state index is 0. The van der Waals surface area contributed by atoms with Crippen molar-refractivity contribution in [3.8, 4) is 0 Å². The molecule has 0 atom stereocenters. The zero-order valence-electron chi connectivity index (χ0n) is 5.28. The van der Waals surface area contributed by atoms with Crippen LogP contribution in [0, 0.1) is 6.92 Å². The summed E-state index contributed by atoms with van der Waals surface area (Å²) in [6.45, 7) is 11.2. The summed E-state index contributed by atoms with van der Waals surface area (Å²) in [6.07, 6.45) is 0. The van der Waals surface area contributed by atoms with E-state index in [9.17, 15) is 0 Å². The average molecular weight is 130 g/mol. The summed E-state index contributed by atoms with van der Waals surface area (Å²) < 4.78 is 0. The van der Waals surface area contributed by atoms with Crippen molar-refractivity contribution in [1.29, 1.82) is 0 Å². The summed E-state index contributed by atoms with van der Waals surface area (Å²) in [7, 11) is 0. The molecular weight excluding hydrogens is 113 g/mol. The van der Waals surface area contributed by atoms with Crippen LogP contribution in [0.3, 0.4) is 0 Å². The van der Waals surface area contributed by atoms with Gasteiger partial charge in [0.2, 0.25) is 0 Å². The maximum atomic E-state index is 3.75. The number of rotatable bonds is 3. The lowest BCUT2D eigenvalue weighted by Gasteiger charge is -2.13. The van der Waals surface area contributed by atoms with Crippen molar-refractivity contribution in [2.24, 2.45) is 0 Å². The van der Waals surface area contributed by atoms with E-state index >= 15 is 0 Å². The molecule has 0 N–H and O–H groups in total. The van der Waals surface area contributed by atoms with E-state index in [1.165, 1.54) is 0 Å². The molecule has 1 radical (unpaired) electrons. The molecule has 8 heavy (non-hydrogen) atoms. The molecule has 0 aliphatic rings. The summed E-state index contributed by atoms with van der Waals surface area (Å²) in [5.41, 5.74) is 0. The molecule has 0 amide bonds. The minimum Gasteiger partial charge on any atom is -0.304 e. The molecule has 0 aromatic rings. The summed E-state index contributed by atoms with van der Waals surface area (Å²) in [5, 5.41) is 0. The van der Waals surface area contributed by atoms with Crippen molar-refractivity contribution in [2.45, 2.75) is 13.8 Å². The van der Waals surface area contributed by atoms with Gasteiger partial charge in [-0.05, 0) is 26.6 Å². The molecule has 0 unspecified atom stereocenters. The molecule has 0 fully saturated rings. The van der Waals surface area contributed by atoms with Gasteiger partial charge < -0.3 is 4.90 Å². The van der Waals surface area contributed by atoms with Gasteiger partial charge in [0, 0.05) is 0 Å². The largest absolute Gasteiger partial charge is 0.304 e. The van der Waals surface area contributed by atoms with Crippen LogP contribution < -0.4 is 0 Å². The Kier molecular flexibility index (Phi) is 10.6. The lowest BCUT2D eigenvalue weighted by Crippen LogP contribution is -2.21. The van der Waals surface area contributed by atoms with Gasteiger partial charge in [-0.3, -0.25) is 0 Å². The summed E-state index contributed by atoms with van der Waals surface area (Å²) in [4.78, 5) is 2.26. The van der Waals surface area contributed by atoms with E-state index in [-0.39, 0.29) is 17.4 Å². The lowest BCUT2D eigenvalue weighted by molar-refractivity contribution is 0.336. The van der Waals surface area contributed by atoms with Crippen LogP contribution in [0.2, 0.25) is 0 Å². The third-order valence-electron chi connectivity index (χ3n) is 1.21. The van der Waals surface area contributed by atoms with Crippen molar-refractivity contribution < 1.29 is 0 Å². The normalized spacial score (nSPS) is 9.00. The predicted octanol–water partition coefficient (Wildman–Crippen LogP) is -0.0216. The van der Waals surface area contributed by atoms with Crippen molar-refractivity contribution in [2.75, 3.05) is 19.6 Å². The first kappa shape index (κ1) is 11.3. The maximum Gasteiger partial charge on any atom is 0.187 e. The standard InChI is InChI=1S/C6H14N.Al.3H/c1-4-7(5-2)6-3;;;;/h1,4-6H2,2-3H3;;;;. The van der Waals surface area contributed by atoms with Gasteiger partial charge in [-0.15, -0.1) is 0 Å². The Balaban J connectivity index is 0. The number of hydrogen-bond donors (Lipinski definition) is 0. The maximum absolute atomic E-state index is 3.75. The molecule has 1 nitrogen and oxygen atoms in total. The second kappa shape index (κ2) is 7.49. The molecule has 49 valence electrons. The molecule has 0 spiro atoms. The van der Waals surface area contributed by atoms with Crippen molar-refractivity contribution in [3.05, 3.63) is 6.92 Å². The zero-order chi connectivity index (χ0) is 5.70. The fourth-order valence-electron chi connectivity index (χ4n) is 0.540. The minimum absolute atomic E-state index is 0. The van der Waals surface area contributed by atoms with Gasteiger partial charge in [0.25, 0.3) is 0 Å². The average Bonchev–Trinajstić information content (AvgIpc) is 1.72. The number of nitrogens with zero attached hydrogens (tertiary/aromatic N) is 1. The van der Waals surface area contributed by atoms with Crippen LogP contribution in [0.5, 0.6) is 0 Å². The van der Waals surface area contributed by atoms with Crippen molar-refractivity contribution >= 4 is 17.4 Å². The molecule has 0 bridgehead atoms. The molecule has 0 heterocycles. The van der Waals surface area contributed by atoms with Gasteiger partial charge in [0.1, 0.15) is 0 Å². The monoisotopic (exact) mass is 130 g/mol. The van der Waals surface area contributed by atoms with E-state index in [0.29, 0.717) is 0 Å². The summed E-state index contributed by atoms with van der Waals surface area (Å²) >= 11 is 0. The fourth-order valence-corrected chi connectivity index (χ4v) is 0.540. The van der Waals surface area contributed by atoms with Gasteiger partial charge in [0.15, 0.2) is 17.4 Å². The van der Waals surface area contributed by atoms with Crippen LogP contribution in [0.1, 0.15) is 13.8 Å². The highest BCUT2D eigenvalue weighted by Crippen LogP contribution is 1.81. The molecule has 0 saturated carbocycles. The van der Waals surface area contributed by atoms with Gasteiger partial charge >= 0.3 is 0 Å².